The minimum atomic E-state index is -1.65. The van der Waals surface area contributed by atoms with Crippen molar-refractivity contribution in [1.82, 2.24) is 0 Å². The Hall–Kier alpha value is -1.94. The molecule has 2 aromatic carbocycles. The van der Waals surface area contributed by atoms with E-state index in [0.717, 1.165) is 37.8 Å². The van der Waals surface area contributed by atoms with E-state index in [0.29, 0.717) is 36.5 Å². The van der Waals surface area contributed by atoms with Crippen molar-refractivity contribution < 1.29 is 38.1 Å². The highest BCUT2D eigenvalue weighted by Gasteiger charge is 2.32. The third kappa shape index (κ3) is 11.6. The van der Waals surface area contributed by atoms with Gasteiger partial charge in [-0.2, -0.15) is 0 Å². The number of hydrogen-bond acceptors (Lipinski definition) is 8. The molecule has 0 aliphatic carbocycles. The van der Waals surface area contributed by atoms with Crippen molar-refractivity contribution in [2.45, 2.75) is 80.1 Å². The average Bonchev–Trinajstić information content (AvgIpc) is 3.01. The minimum absolute atomic E-state index is 0.0446. The number of ether oxygens (including phenoxy) is 4. The summed E-state index contributed by atoms with van der Waals surface area (Å²) in [5.41, 5.74) is -0.932. The van der Waals surface area contributed by atoms with Gasteiger partial charge in [-0.1, -0.05) is 137 Å². The molecule has 2 aromatic rings. The quantitative estimate of drug-likeness (QED) is 0.0716. The largest absolute Gasteiger partial charge is 0.462 e. The van der Waals surface area contributed by atoms with Crippen LogP contribution in [0.1, 0.15) is 101 Å². The summed E-state index contributed by atoms with van der Waals surface area (Å²) in [6.07, 6.45) is 4.99. The van der Waals surface area contributed by atoms with Crippen LogP contribution in [0.5, 0.6) is 11.5 Å². The summed E-state index contributed by atoms with van der Waals surface area (Å²) in [5.74, 6) is -5.07. The van der Waals surface area contributed by atoms with Crippen LogP contribution in [0.25, 0.3) is 0 Å². The smallest absolute Gasteiger partial charge is 0.423 e. The molecule has 0 aromatic heterocycles. The lowest BCUT2D eigenvalue weighted by Crippen LogP contribution is -2.27. The van der Waals surface area contributed by atoms with Crippen molar-refractivity contribution in [3.63, 3.8) is 0 Å². The molecule has 0 heterocycles. The van der Waals surface area contributed by atoms with Gasteiger partial charge in [0.1, 0.15) is 11.1 Å². The number of carbonyl (C=O) groups is 4. The molecule has 48 heavy (non-hydrogen) atoms. The topological polar surface area (TPSA) is 105 Å². The lowest BCUT2D eigenvalue weighted by Gasteiger charge is -2.20. The molecule has 0 N–H and O–H groups in total. The van der Waals surface area contributed by atoms with Crippen molar-refractivity contribution in [2.24, 2.45) is 23.7 Å². The van der Waals surface area contributed by atoms with Gasteiger partial charge in [-0.25, -0.2) is 19.2 Å². The van der Waals surface area contributed by atoms with Crippen molar-refractivity contribution in [2.75, 3.05) is 13.2 Å². The Kier molecular flexibility index (Phi) is 17.6. The van der Waals surface area contributed by atoms with Gasteiger partial charge in [-0.3, -0.25) is 0 Å². The van der Waals surface area contributed by atoms with Crippen LogP contribution in [0.15, 0.2) is 12.1 Å². The molecule has 0 saturated carbocycles. The van der Waals surface area contributed by atoms with E-state index >= 15 is 0 Å². The van der Waals surface area contributed by atoms with Crippen LogP contribution in [0, 0.1) is 23.7 Å². The Bertz CT molecular complexity index is 1370. The second kappa shape index (κ2) is 20.0. The van der Waals surface area contributed by atoms with Gasteiger partial charge >= 0.3 is 23.9 Å². The molecule has 0 radical (unpaired) electrons. The Morgan fingerprint density at radius 3 is 1.19 bits per heavy atom. The van der Waals surface area contributed by atoms with Crippen LogP contribution >= 0.6 is 69.6 Å². The summed E-state index contributed by atoms with van der Waals surface area (Å²) in [5, 5.41) is -1.50. The van der Waals surface area contributed by atoms with E-state index in [9.17, 15) is 19.2 Å². The van der Waals surface area contributed by atoms with Crippen molar-refractivity contribution >= 4 is 93.5 Å². The molecule has 0 amide bonds. The predicted octanol–water partition coefficient (Wildman–Crippen LogP) is 11.4. The highest BCUT2D eigenvalue weighted by Crippen LogP contribution is 2.42. The van der Waals surface area contributed by atoms with Crippen LogP contribution in [-0.2, 0) is 19.1 Å². The number of halogens is 6. The first-order valence-corrected chi connectivity index (χ1v) is 17.9. The number of rotatable bonds is 16. The van der Waals surface area contributed by atoms with Crippen LogP contribution in [0.4, 0.5) is 0 Å². The SMILES string of the molecule is CCCC(CCOC(=O)c1c(Cl)c(Cl)cc(Cl)c1OC(=O)C(=O)Oc1c(Cl)cc(Cl)c(Cl)c1C(=O)OCCC(CCC)C(C)C)C(C)C. The molecule has 0 aliphatic rings. The van der Waals surface area contributed by atoms with Crippen molar-refractivity contribution in [3.05, 3.63) is 53.4 Å². The number of carbonyl (C=O) groups excluding carboxylic acids is 4. The van der Waals surface area contributed by atoms with Gasteiger partial charge in [0.25, 0.3) is 0 Å². The van der Waals surface area contributed by atoms with Gasteiger partial charge in [-0.05, 0) is 48.6 Å². The monoisotopic (exact) mass is 786 g/mol. The van der Waals surface area contributed by atoms with Crippen LogP contribution in [-0.4, -0.2) is 37.1 Å². The zero-order valence-electron chi connectivity index (χ0n) is 27.7. The van der Waals surface area contributed by atoms with Gasteiger partial charge in [0.2, 0.25) is 0 Å². The van der Waals surface area contributed by atoms with Crippen LogP contribution < -0.4 is 9.47 Å². The van der Waals surface area contributed by atoms with E-state index in [2.05, 4.69) is 41.5 Å². The normalized spacial score (nSPS) is 12.5. The molecule has 0 bridgehead atoms. The summed E-state index contributed by atoms with van der Waals surface area (Å²) >= 11 is 37.5. The molecule has 2 rings (SSSR count). The first-order chi connectivity index (χ1) is 22.5. The molecule has 0 spiro atoms. The molecule has 8 nitrogen and oxygen atoms in total. The fraction of sp³-hybridized carbons (Fsp3) is 0.529. The van der Waals surface area contributed by atoms with Crippen molar-refractivity contribution in [3.8, 4) is 11.5 Å². The summed E-state index contributed by atoms with van der Waals surface area (Å²) in [4.78, 5) is 52.3. The molecule has 0 saturated heterocycles. The van der Waals surface area contributed by atoms with E-state index in [4.69, 9.17) is 88.6 Å². The fourth-order valence-electron chi connectivity index (χ4n) is 5.10. The van der Waals surface area contributed by atoms with E-state index < -0.39 is 46.5 Å². The summed E-state index contributed by atoms with van der Waals surface area (Å²) in [6, 6.07) is 2.25. The highest BCUT2D eigenvalue weighted by atomic mass is 35.5. The first kappa shape index (κ1) is 42.2. The zero-order chi connectivity index (χ0) is 36.3. The third-order valence-corrected chi connectivity index (χ3v) is 10.0. The Labute approximate surface area is 311 Å². The maximum atomic E-state index is 13.2. The first-order valence-electron chi connectivity index (χ1n) is 15.7. The fourth-order valence-corrected chi connectivity index (χ4v) is 6.54. The Morgan fingerprint density at radius 2 is 0.896 bits per heavy atom. The lowest BCUT2D eigenvalue weighted by atomic mass is 9.89. The Balaban J connectivity index is 2.31. The molecular weight excluding hydrogens is 749 g/mol. The van der Waals surface area contributed by atoms with Gasteiger partial charge in [0, 0.05) is 0 Å². The van der Waals surface area contributed by atoms with Gasteiger partial charge in [0.05, 0.1) is 43.3 Å². The average molecular weight is 789 g/mol. The molecule has 2 atom stereocenters. The van der Waals surface area contributed by atoms with E-state index in [1.54, 1.807) is 0 Å². The van der Waals surface area contributed by atoms with Crippen LogP contribution in [0.3, 0.4) is 0 Å². The summed E-state index contributed by atoms with van der Waals surface area (Å²) < 4.78 is 21.3. The standard InChI is InChI=1S/C34H40Cl6O8/c1-7-9-19(17(3)4)11-13-45-31(41)25-27(39)21(35)15-23(37)29(25)47-33(43)34(44)48-30-24(38)16-22(36)28(40)26(30)32(42)46-14-12-20(10-8-2)18(5)6/h15-20H,7-14H2,1-6H3. The second-order valence-corrected chi connectivity index (χ2v) is 14.3. The van der Waals surface area contributed by atoms with Gasteiger partial charge < -0.3 is 18.9 Å². The number of hydrogen-bond donors (Lipinski definition) is 0. The number of esters is 4. The van der Waals surface area contributed by atoms with Crippen molar-refractivity contribution in [1.29, 1.82) is 0 Å². The van der Waals surface area contributed by atoms with Gasteiger partial charge in [0.15, 0.2) is 11.5 Å². The van der Waals surface area contributed by atoms with E-state index in [-0.39, 0.29) is 43.3 Å². The molecule has 0 fully saturated rings. The number of benzene rings is 2. The second-order valence-electron chi connectivity index (χ2n) is 11.9. The van der Waals surface area contributed by atoms with E-state index in [1.165, 1.54) is 0 Å². The highest BCUT2D eigenvalue weighted by molar-refractivity contribution is 6.47. The Morgan fingerprint density at radius 1 is 0.562 bits per heavy atom. The lowest BCUT2D eigenvalue weighted by molar-refractivity contribution is -0.156. The summed E-state index contributed by atoms with van der Waals surface area (Å²) in [6.45, 7) is 12.6. The molecular formula is C34H40Cl6O8. The maximum absolute atomic E-state index is 13.2. The molecule has 266 valence electrons. The maximum Gasteiger partial charge on any atom is 0.423 e. The zero-order valence-corrected chi connectivity index (χ0v) is 32.2. The molecule has 0 aliphatic heterocycles. The predicted molar refractivity (Wildman–Crippen MR) is 190 cm³/mol. The van der Waals surface area contributed by atoms with E-state index in [1.807, 2.05) is 0 Å². The summed E-state index contributed by atoms with van der Waals surface area (Å²) in [7, 11) is 0. The molecule has 2 unspecified atom stereocenters. The third-order valence-electron chi connectivity index (χ3n) is 7.87. The van der Waals surface area contributed by atoms with Crippen LogP contribution in [0.2, 0.25) is 30.1 Å². The minimum Gasteiger partial charge on any atom is -0.462 e. The van der Waals surface area contributed by atoms with Gasteiger partial charge in [-0.15, -0.1) is 0 Å². The molecule has 14 heteroatoms.